The quantitative estimate of drug-likeness (QED) is 0.128. The van der Waals surface area contributed by atoms with E-state index in [0.29, 0.717) is 53.2 Å². The molecule has 50 heavy (non-hydrogen) atoms. The van der Waals surface area contributed by atoms with Gasteiger partial charge in [0.15, 0.2) is 0 Å². The van der Waals surface area contributed by atoms with Crippen LogP contribution < -0.4 is 18.9 Å². The molecule has 0 saturated heterocycles. The van der Waals surface area contributed by atoms with E-state index in [1.807, 2.05) is 100 Å². The summed E-state index contributed by atoms with van der Waals surface area (Å²) in [6.07, 6.45) is 1.24. The highest BCUT2D eigenvalue weighted by Gasteiger charge is 2.29. The minimum Gasteiger partial charge on any atom is -0.483 e. The van der Waals surface area contributed by atoms with Gasteiger partial charge < -0.3 is 18.9 Å². The van der Waals surface area contributed by atoms with Crippen LogP contribution in [0, 0.1) is 45.3 Å². The van der Waals surface area contributed by atoms with Crippen LogP contribution in [0.4, 0.5) is 0 Å². The third-order valence-corrected chi connectivity index (χ3v) is 8.53. The summed E-state index contributed by atoms with van der Waals surface area (Å²) < 4.78 is 25.1. The number of benzene rings is 4. The van der Waals surface area contributed by atoms with Crippen LogP contribution in [0.1, 0.15) is 73.9 Å². The van der Waals surface area contributed by atoms with Gasteiger partial charge in [-0.15, -0.1) is 0 Å². The largest absolute Gasteiger partial charge is 0.483 e. The van der Waals surface area contributed by atoms with Gasteiger partial charge >= 0.3 is 0 Å². The van der Waals surface area contributed by atoms with E-state index < -0.39 is 11.2 Å². The molecule has 4 aromatic carbocycles. The van der Waals surface area contributed by atoms with Crippen molar-refractivity contribution < 1.29 is 18.9 Å². The Morgan fingerprint density at radius 1 is 0.500 bits per heavy atom. The Bertz CT molecular complexity index is 2210. The molecule has 0 spiro atoms. The predicted octanol–water partition coefficient (Wildman–Crippen LogP) is 9.56. The van der Waals surface area contributed by atoms with Gasteiger partial charge in [-0.1, -0.05) is 44.2 Å². The van der Waals surface area contributed by atoms with Crippen molar-refractivity contribution in [3.63, 3.8) is 0 Å². The standard InChI is InChI=1S/C41H33N5O4/c1-5-40(3,49-37-19-17-29(25-43)31(21-37)27-45)32-10-8-13-35(23-32)48-38-14-9-15-39(46-38)50-41(4,6-2)33-11-7-12-34(22-33)47-36-18-16-28(24-42)30(20-36)26-44/h7-23H,5-6H2,1-4H3. The Labute approximate surface area is 291 Å². The van der Waals surface area contributed by atoms with Crippen LogP contribution in [-0.2, 0) is 11.2 Å². The Morgan fingerprint density at radius 3 is 1.52 bits per heavy atom. The lowest BCUT2D eigenvalue weighted by Crippen LogP contribution is -2.29. The molecule has 2 unspecified atom stereocenters. The van der Waals surface area contributed by atoms with Gasteiger partial charge in [0.1, 0.15) is 58.5 Å². The summed E-state index contributed by atoms with van der Waals surface area (Å²) in [5.41, 5.74) is 1.28. The van der Waals surface area contributed by atoms with Crippen LogP contribution >= 0.6 is 0 Å². The van der Waals surface area contributed by atoms with Crippen LogP contribution in [0.5, 0.6) is 34.8 Å². The molecule has 0 bridgehead atoms. The van der Waals surface area contributed by atoms with Crippen molar-refractivity contribution in [3.05, 3.63) is 137 Å². The zero-order chi connectivity index (χ0) is 35.7. The van der Waals surface area contributed by atoms with Crippen molar-refractivity contribution in [1.29, 1.82) is 21.0 Å². The highest BCUT2D eigenvalue weighted by atomic mass is 16.5. The molecule has 246 valence electrons. The summed E-state index contributed by atoms with van der Waals surface area (Å²) in [6.45, 7) is 7.96. The number of ether oxygens (including phenoxy) is 4. The third kappa shape index (κ3) is 7.66. The van der Waals surface area contributed by atoms with Crippen LogP contribution in [0.3, 0.4) is 0 Å². The molecule has 0 aliphatic heterocycles. The van der Waals surface area contributed by atoms with Crippen molar-refractivity contribution in [3.8, 4) is 59.0 Å². The number of aromatic nitrogens is 1. The summed E-state index contributed by atoms with van der Waals surface area (Å²) in [5, 5.41) is 37.4. The fourth-order valence-corrected chi connectivity index (χ4v) is 5.26. The molecule has 0 N–H and O–H groups in total. The monoisotopic (exact) mass is 659 g/mol. The molecule has 2 atom stereocenters. The minimum absolute atomic E-state index is 0.244. The molecule has 1 aromatic heterocycles. The summed E-state index contributed by atoms with van der Waals surface area (Å²) >= 11 is 0. The first-order valence-electron chi connectivity index (χ1n) is 16.0. The molecular formula is C41H33N5O4. The lowest BCUT2D eigenvalue weighted by molar-refractivity contribution is 0.0758. The van der Waals surface area contributed by atoms with Gasteiger partial charge in [0, 0.05) is 12.1 Å². The van der Waals surface area contributed by atoms with Gasteiger partial charge in [-0.3, -0.25) is 0 Å². The van der Waals surface area contributed by atoms with Gasteiger partial charge in [-0.2, -0.15) is 26.0 Å². The zero-order valence-electron chi connectivity index (χ0n) is 28.1. The normalized spacial score (nSPS) is 12.8. The molecule has 0 amide bonds. The average molecular weight is 660 g/mol. The zero-order valence-corrected chi connectivity index (χ0v) is 28.1. The maximum Gasteiger partial charge on any atom is 0.222 e. The SMILES string of the molecule is CCC(C)(Oc1ccc(C#N)c(C#N)c1)c1cccc(Oc2cccc(OC(C)(CC)c3cccc(Oc4ccc(C#N)c(C#N)c4)c3)n2)c1. The van der Waals surface area contributed by atoms with Crippen LogP contribution in [0.25, 0.3) is 0 Å². The second kappa shape index (κ2) is 15.0. The van der Waals surface area contributed by atoms with Crippen LogP contribution in [-0.4, -0.2) is 4.98 Å². The first-order valence-corrected chi connectivity index (χ1v) is 16.0. The number of pyridine rings is 1. The van der Waals surface area contributed by atoms with E-state index in [0.717, 1.165) is 11.1 Å². The molecule has 9 nitrogen and oxygen atoms in total. The predicted molar refractivity (Wildman–Crippen MR) is 186 cm³/mol. The van der Waals surface area contributed by atoms with Gasteiger partial charge in [-0.05, 0) is 98.5 Å². The van der Waals surface area contributed by atoms with Crippen molar-refractivity contribution in [1.82, 2.24) is 4.98 Å². The molecule has 9 heteroatoms. The Balaban J connectivity index is 1.33. The Morgan fingerprint density at radius 2 is 0.960 bits per heavy atom. The lowest BCUT2D eigenvalue weighted by atomic mass is 9.92. The van der Waals surface area contributed by atoms with Crippen LogP contribution in [0.2, 0.25) is 0 Å². The van der Waals surface area contributed by atoms with Crippen molar-refractivity contribution in [2.75, 3.05) is 0 Å². The van der Waals surface area contributed by atoms with E-state index in [-0.39, 0.29) is 16.7 Å². The van der Waals surface area contributed by atoms with E-state index in [2.05, 4.69) is 11.1 Å². The first kappa shape index (κ1) is 34.5. The van der Waals surface area contributed by atoms with Crippen molar-refractivity contribution >= 4 is 0 Å². The minimum atomic E-state index is -0.773. The second-order valence-corrected chi connectivity index (χ2v) is 11.8. The van der Waals surface area contributed by atoms with Gasteiger partial charge in [0.25, 0.3) is 0 Å². The van der Waals surface area contributed by atoms with E-state index in [9.17, 15) is 21.0 Å². The number of rotatable bonds is 12. The number of nitriles is 4. The van der Waals surface area contributed by atoms with Gasteiger partial charge in [0.05, 0.1) is 22.3 Å². The average Bonchev–Trinajstić information content (AvgIpc) is 3.15. The maximum atomic E-state index is 9.46. The van der Waals surface area contributed by atoms with Crippen molar-refractivity contribution in [2.45, 2.75) is 51.7 Å². The molecule has 5 aromatic rings. The number of nitrogens with zero attached hydrogens (tertiary/aromatic N) is 5. The number of hydrogen-bond donors (Lipinski definition) is 0. The number of hydrogen-bond acceptors (Lipinski definition) is 9. The van der Waals surface area contributed by atoms with E-state index in [4.69, 9.17) is 18.9 Å². The summed E-state index contributed by atoms with van der Waals surface area (Å²) in [6, 6.07) is 38.1. The smallest absolute Gasteiger partial charge is 0.222 e. The third-order valence-electron chi connectivity index (χ3n) is 8.53. The van der Waals surface area contributed by atoms with Gasteiger partial charge in [-0.25, -0.2) is 0 Å². The fourth-order valence-electron chi connectivity index (χ4n) is 5.26. The first-order chi connectivity index (χ1) is 24.1. The lowest BCUT2D eigenvalue weighted by Gasteiger charge is -2.31. The molecule has 5 rings (SSSR count). The van der Waals surface area contributed by atoms with E-state index in [1.54, 1.807) is 48.5 Å². The molecule has 0 aliphatic carbocycles. The van der Waals surface area contributed by atoms with E-state index in [1.165, 1.54) is 0 Å². The summed E-state index contributed by atoms with van der Waals surface area (Å²) in [5.74, 6) is 2.75. The van der Waals surface area contributed by atoms with Crippen LogP contribution in [0.15, 0.2) is 103 Å². The molecule has 0 radical (unpaired) electrons. The van der Waals surface area contributed by atoms with Gasteiger partial charge in [0.2, 0.25) is 11.8 Å². The fraction of sp³-hybridized carbons (Fsp3) is 0.195. The molecular weight excluding hydrogens is 626 g/mol. The topological polar surface area (TPSA) is 145 Å². The summed E-state index contributed by atoms with van der Waals surface area (Å²) in [4.78, 5) is 4.65. The molecule has 0 saturated carbocycles. The highest BCUT2D eigenvalue weighted by Crippen LogP contribution is 2.37. The van der Waals surface area contributed by atoms with E-state index >= 15 is 0 Å². The Hall–Kier alpha value is -6.81. The second-order valence-electron chi connectivity index (χ2n) is 11.8. The Kier molecular flexibility index (Phi) is 10.3. The molecule has 1 heterocycles. The molecule has 0 fully saturated rings. The maximum absolute atomic E-state index is 9.46. The summed E-state index contributed by atoms with van der Waals surface area (Å²) in [7, 11) is 0. The molecule has 0 aliphatic rings. The van der Waals surface area contributed by atoms with Crippen molar-refractivity contribution in [2.24, 2.45) is 0 Å². The highest BCUT2D eigenvalue weighted by molar-refractivity contribution is 5.51.